The number of carbonyl (C=O) groups excluding carboxylic acids is 1. The predicted molar refractivity (Wildman–Crippen MR) is 84.4 cm³/mol. The number of benzene rings is 1. The van der Waals surface area contributed by atoms with Gasteiger partial charge in [0.05, 0.1) is 6.04 Å². The molecule has 0 aromatic heterocycles. The molecule has 20 heavy (non-hydrogen) atoms. The fourth-order valence-corrected chi connectivity index (χ4v) is 2.17. The van der Waals surface area contributed by atoms with E-state index < -0.39 is 0 Å². The van der Waals surface area contributed by atoms with E-state index in [1.165, 1.54) is 5.56 Å². The summed E-state index contributed by atoms with van der Waals surface area (Å²) in [5, 5.41) is 3.08. The van der Waals surface area contributed by atoms with Crippen molar-refractivity contribution < 1.29 is 4.79 Å². The Kier molecular flexibility index (Phi) is 6.73. The fraction of sp³-hybridized carbons (Fsp3) is 0.588. The van der Waals surface area contributed by atoms with Crippen LogP contribution < -0.4 is 11.1 Å². The molecule has 0 fully saturated rings. The molecule has 0 radical (unpaired) electrons. The van der Waals surface area contributed by atoms with Gasteiger partial charge in [-0.05, 0) is 39.2 Å². The zero-order chi connectivity index (χ0) is 15.1. The van der Waals surface area contributed by atoms with Crippen molar-refractivity contribution in [3.63, 3.8) is 0 Å². The van der Waals surface area contributed by atoms with Crippen LogP contribution in [0.5, 0.6) is 0 Å². The largest absolute Gasteiger partial charge is 0.349 e. The van der Waals surface area contributed by atoms with Crippen molar-refractivity contribution in [2.75, 3.05) is 0 Å². The molecule has 112 valence electrons. The van der Waals surface area contributed by atoms with Crippen molar-refractivity contribution in [3.05, 3.63) is 35.4 Å². The highest BCUT2D eigenvalue weighted by atomic mass is 16.1. The molecule has 3 atom stereocenters. The molecule has 1 aromatic carbocycles. The Morgan fingerprint density at radius 1 is 1.15 bits per heavy atom. The summed E-state index contributed by atoms with van der Waals surface area (Å²) in [7, 11) is 0. The summed E-state index contributed by atoms with van der Waals surface area (Å²) in [4.78, 5) is 12.1. The fourth-order valence-electron chi connectivity index (χ4n) is 2.17. The SMILES string of the molecule is Cc1ccc([C@H](C)NC(=O)C(C)CCCC(C)N)cc1. The van der Waals surface area contributed by atoms with Crippen LogP contribution in [-0.4, -0.2) is 11.9 Å². The maximum Gasteiger partial charge on any atom is 0.223 e. The van der Waals surface area contributed by atoms with E-state index in [1.807, 2.05) is 20.8 Å². The molecule has 0 heterocycles. The Bertz CT molecular complexity index is 412. The first kappa shape index (κ1) is 16.7. The second kappa shape index (κ2) is 8.05. The molecular formula is C17H28N2O. The van der Waals surface area contributed by atoms with Crippen LogP contribution in [0, 0.1) is 12.8 Å². The van der Waals surface area contributed by atoms with Crippen molar-refractivity contribution in [1.82, 2.24) is 5.32 Å². The van der Waals surface area contributed by atoms with Gasteiger partial charge in [0, 0.05) is 12.0 Å². The van der Waals surface area contributed by atoms with E-state index in [1.54, 1.807) is 0 Å². The topological polar surface area (TPSA) is 55.1 Å². The average Bonchev–Trinajstić information content (AvgIpc) is 2.38. The average molecular weight is 276 g/mol. The summed E-state index contributed by atoms with van der Waals surface area (Å²) < 4.78 is 0. The van der Waals surface area contributed by atoms with Gasteiger partial charge in [0.2, 0.25) is 5.91 Å². The summed E-state index contributed by atoms with van der Waals surface area (Å²) in [6.45, 7) is 8.08. The molecule has 0 aliphatic heterocycles. The highest BCUT2D eigenvalue weighted by Gasteiger charge is 2.15. The van der Waals surface area contributed by atoms with Gasteiger partial charge in [0.25, 0.3) is 0 Å². The van der Waals surface area contributed by atoms with Crippen LogP contribution in [-0.2, 0) is 4.79 Å². The third kappa shape index (κ3) is 5.74. The van der Waals surface area contributed by atoms with E-state index in [4.69, 9.17) is 5.73 Å². The standard InChI is InChI=1S/C17H28N2O/c1-12-8-10-16(11-9-12)15(4)19-17(20)13(2)6-5-7-14(3)18/h8-11,13-15H,5-7,18H2,1-4H3,(H,19,20)/t13?,14?,15-/m0/s1. The number of hydrogen-bond donors (Lipinski definition) is 2. The number of amides is 1. The first-order valence-electron chi connectivity index (χ1n) is 7.52. The molecule has 3 heteroatoms. The number of carbonyl (C=O) groups is 1. The molecule has 0 saturated heterocycles. The summed E-state index contributed by atoms with van der Waals surface area (Å²) >= 11 is 0. The first-order chi connectivity index (χ1) is 9.40. The van der Waals surface area contributed by atoms with E-state index in [-0.39, 0.29) is 23.9 Å². The number of rotatable bonds is 7. The monoisotopic (exact) mass is 276 g/mol. The van der Waals surface area contributed by atoms with Gasteiger partial charge in [-0.1, -0.05) is 43.2 Å². The molecule has 2 unspecified atom stereocenters. The van der Waals surface area contributed by atoms with E-state index >= 15 is 0 Å². The van der Waals surface area contributed by atoms with E-state index in [0.29, 0.717) is 0 Å². The zero-order valence-electron chi connectivity index (χ0n) is 13.1. The number of nitrogens with one attached hydrogen (secondary N) is 1. The Morgan fingerprint density at radius 3 is 2.30 bits per heavy atom. The molecule has 1 aromatic rings. The van der Waals surface area contributed by atoms with Gasteiger partial charge < -0.3 is 11.1 Å². The molecule has 0 bridgehead atoms. The Balaban J connectivity index is 2.42. The lowest BCUT2D eigenvalue weighted by Gasteiger charge is -2.18. The van der Waals surface area contributed by atoms with Crippen molar-refractivity contribution >= 4 is 5.91 Å². The number of hydrogen-bond acceptors (Lipinski definition) is 2. The van der Waals surface area contributed by atoms with Gasteiger partial charge in [0.1, 0.15) is 0 Å². The Hall–Kier alpha value is -1.35. The summed E-state index contributed by atoms with van der Waals surface area (Å²) in [5.74, 6) is 0.171. The minimum Gasteiger partial charge on any atom is -0.349 e. The predicted octanol–water partition coefficient (Wildman–Crippen LogP) is 3.33. The minimum absolute atomic E-state index is 0.0432. The molecular weight excluding hydrogens is 248 g/mol. The number of aryl methyl sites for hydroxylation is 1. The second-order valence-corrected chi connectivity index (χ2v) is 5.95. The van der Waals surface area contributed by atoms with E-state index in [0.717, 1.165) is 24.8 Å². The maximum atomic E-state index is 12.1. The normalized spacial score (nSPS) is 15.4. The molecule has 0 aliphatic rings. The van der Waals surface area contributed by atoms with Crippen LogP contribution in [0.4, 0.5) is 0 Å². The van der Waals surface area contributed by atoms with Crippen molar-refractivity contribution in [2.24, 2.45) is 11.7 Å². The first-order valence-corrected chi connectivity index (χ1v) is 7.52. The molecule has 0 spiro atoms. The highest BCUT2D eigenvalue weighted by molar-refractivity contribution is 5.78. The summed E-state index contributed by atoms with van der Waals surface area (Å²) in [6, 6.07) is 8.56. The minimum atomic E-state index is 0.0432. The van der Waals surface area contributed by atoms with Crippen LogP contribution in [0.15, 0.2) is 24.3 Å². The second-order valence-electron chi connectivity index (χ2n) is 5.95. The third-order valence-electron chi connectivity index (χ3n) is 3.68. The lowest BCUT2D eigenvalue weighted by atomic mass is 10.00. The van der Waals surface area contributed by atoms with E-state index in [2.05, 4.69) is 36.5 Å². The molecule has 0 saturated carbocycles. The van der Waals surface area contributed by atoms with Crippen molar-refractivity contribution in [2.45, 2.75) is 59.0 Å². The summed E-state index contributed by atoms with van der Waals surface area (Å²) in [5.41, 5.74) is 8.10. The van der Waals surface area contributed by atoms with Crippen molar-refractivity contribution in [3.8, 4) is 0 Å². The summed E-state index contributed by atoms with van der Waals surface area (Å²) in [6.07, 6.45) is 2.88. The van der Waals surface area contributed by atoms with Gasteiger partial charge in [-0.25, -0.2) is 0 Å². The van der Waals surface area contributed by atoms with Crippen LogP contribution in [0.1, 0.15) is 57.2 Å². The van der Waals surface area contributed by atoms with Gasteiger partial charge in [-0.15, -0.1) is 0 Å². The Labute approximate surface area is 122 Å². The van der Waals surface area contributed by atoms with E-state index in [9.17, 15) is 4.79 Å². The zero-order valence-corrected chi connectivity index (χ0v) is 13.1. The lowest BCUT2D eigenvalue weighted by Crippen LogP contribution is -2.31. The molecule has 3 N–H and O–H groups in total. The quantitative estimate of drug-likeness (QED) is 0.802. The van der Waals surface area contributed by atoms with Crippen LogP contribution >= 0.6 is 0 Å². The van der Waals surface area contributed by atoms with Crippen LogP contribution in [0.3, 0.4) is 0 Å². The molecule has 3 nitrogen and oxygen atoms in total. The molecule has 1 rings (SSSR count). The highest BCUT2D eigenvalue weighted by Crippen LogP contribution is 2.15. The molecule has 1 amide bonds. The maximum absolute atomic E-state index is 12.1. The van der Waals surface area contributed by atoms with Gasteiger partial charge >= 0.3 is 0 Å². The van der Waals surface area contributed by atoms with Crippen LogP contribution in [0.2, 0.25) is 0 Å². The third-order valence-corrected chi connectivity index (χ3v) is 3.68. The smallest absolute Gasteiger partial charge is 0.223 e. The van der Waals surface area contributed by atoms with Gasteiger partial charge in [0.15, 0.2) is 0 Å². The van der Waals surface area contributed by atoms with Gasteiger partial charge in [-0.2, -0.15) is 0 Å². The number of nitrogens with two attached hydrogens (primary N) is 1. The van der Waals surface area contributed by atoms with Crippen molar-refractivity contribution in [1.29, 1.82) is 0 Å². The van der Waals surface area contributed by atoms with Gasteiger partial charge in [-0.3, -0.25) is 4.79 Å². The molecule has 0 aliphatic carbocycles. The Morgan fingerprint density at radius 2 is 1.75 bits per heavy atom. The lowest BCUT2D eigenvalue weighted by molar-refractivity contribution is -0.125. The van der Waals surface area contributed by atoms with Crippen LogP contribution in [0.25, 0.3) is 0 Å².